The van der Waals surface area contributed by atoms with Crippen LogP contribution in [0.2, 0.25) is 0 Å². The molecule has 0 aliphatic rings. The van der Waals surface area contributed by atoms with E-state index in [-0.39, 0.29) is 17.1 Å². The van der Waals surface area contributed by atoms with E-state index in [9.17, 15) is 15.0 Å². The van der Waals surface area contributed by atoms with E-state index in [2.05, 4.69) is 0 Å². The number of aliphatic carboxylic acids is 1. The van der Waals surface area contributed by atoms with Gasteiger partial charge in [0.15, 0.2) is 17.6 Å². The zero-order valence-corrected chi connectivity index (χ0v) is 8.49. The Balaban J connectivity index is 2.97. The summed E-state index contributed by atoms with van der Waals surface area (Å²) in [6.07, 6.45) is -3.54. The van der Waals surface area contributed by atoms with Crippen molar-refractivity contribution in [1.82, 2.24) is 0 Å². The summed E-state index contributed by atoms with van der Waals surface area (Å²) in [4.78, 5) is 10.4. The van der Waals surface area contributed by atoms with Crippen molar-refractivity contribution in [3.63, 3.8) is 0 Å². The molecule has 0 aliphatic heterocycles. The van der Waals surface area contributed by atoms with Crippen molar-refractivity contribution < 1.29 is 30.0 Å². The van der Waals surface area contributed by atoms with Crippen molar-refractivity contribution in [2.24, 2.45) is 0 Å². The van der Waals surface area contributed by atoms with E-state index in [0.717, 1.165) is 6.07 Å². The van der Waals surface area contributed by atoms with Gasteiger partial charge in [-0.05, 0) is 17.7 Å². The molecule has 0 heterocycles. The number of ether oxygens (including phenoxy) is 1. The Labute approximate surface area is 91.3 Å². The highest BCUT2D eigenvalue weighted by Gasteiger charge is 2.25. The molecule has 6 nitrogen and oxygen atoms in total. The maximum absolute atomic E-state index is 10.4. The van der Waals surface area contributed by atoms with E-state index < -0.39 is 18.2 Å². The largest absolute Gasteiger partial charge is 0.504 e. The first-order valence-electron chi connectivity index (χ1n) is 4.43. The highest BCUT2D eigenvalue weighted by atomic mass is 16.5. The molecule has 2 atom stereocenters. The number of phenolic OH excluding ortho intramolecular Hbond substituents is 1. The normalized spacial score (nSPS) is 14.2. The first-order valence-corrected chi connectivity index (χ1v) is 4.43. The van der Waals surface area contributed by atoms with Crippen LogP contribution in [0, 0.1) is 0 Å². The summed E-state index contributed by atoms with van der Waals surface area (Å²) in [5.41, 5.74) is 0.0909. The van der Waals surface area contributed by atoms with Crippen LogP contribution in [0.25, 0.3) is 0 Å². The number of carboxylic acid groups (broad SMARTS) is 1. The summed E-state index contributed by atoms with van der Waals surface area (Å²) in [7, 11) is 1.36. The highest BCUT2D eigenvalue weighted by Crippen LogP contribution is 2.29. The maximum atomic E-state index is 10.4. The summed E-state index contributed by atoms with van der Waals surface area (Å²) in [5.74, 6) is -1.58. The fourth-order valence-corrected chi connectivity index (χ4v) is 1.21. The summed E-state index contributed by atoms with van der Waals surface area (Å²) in [6, 6.07) is 3.85. The Kier molecular flexibility index (Phi) is 3.70. The summed E-state index contributed by atoms with van der Waals surface area (Å²) in [5, 5.41) is 36.5. The predicted molar refractivity (Wildman–Crippen MR) is 53.3 cm³/mol. The van der Waals surface area contributed by atoms with Crippen LogP contribution in [-0.4, -0.2) is 39.6 Å². The summed E-state index contributed by atoms with van der Waals surface area (Å²) in [6.45, 7) is 0. The number of hydrogen-bond donors (Lipinski definition) is 4. The van der Waals surface area contributed by atoms with Crippen LogP contribution in [0.5, 0.6) is 11.5 Å². The Morgan fingerprint density at radius 3 is 2.44 bits per heavy atom. The Bertz CT molecular complexity index is 389. The van der Waals surface area contributed by atoms with E-state index in [1.54, 1.807) is 0 Å². The van der Waals surface area contributed by atoms with Gasteiger partial charge in [-0.25, -0.2) is 4.79 Å². The second-order valence-electron chi connectivity index (χ2n) is 3.16. The molecule has 0 fully saturated rings. The molecule has 0 bridgehead atoms. The fraction of sp³-hybridized carbons (Fsp3) is 0.300. The number of aliphatic hydroxyl groups is 2. The number of benzene rings is 1. The van der Waals surface area contributed by atoms with Gasteiger partial charge < -0.3 is 25.2 Å². The highest BCUT2D eigenvalue weighted by molar-refractivity contribution is 5.73. The molecule has 1 aromatic carbocycles. The van der Waals surface area contributed by atoms with Crippen LogP contribution >= 0.6 is 0 Å². The number of aromatic hydroxyl groups is 1. The number of hydrogen-bond acceptors (Lipinski definition) is 5. The van der Waals surface area contributed by atoms with Crippen molar-refractivity contribution in [1.29, 1.82) is 0 Å². The number of methoxy groups -OCH3 is 1. The third kappa shape index (κ3) is 2.41. The third-order valence-electron chi connectivity index (χ3n) is 2.10. The van der Waals surface area contributed by atoms with E-state index >= 15 is 0 Å². The molecule has 1 aromatic rings. The van der Waals surface area contributed by atoms with Gasteiger partial charge in [-0.1, -0.05) is 6.07 Å². The zero-order valence-electron chi connectivity index (χ0n) is 8.49. The molecule has 0 aliphatic carbocycles. The lowest BCUT2D eigenvalue weighted by Crippen LogP contribution is -2.27. The van der Waals surface area contributed by atoms with Gasteiger partial charge in [-0.2, -0.15) is 0 Å². The number of phenols is 1. The minimum atomic E-state index is -1.94. The van der Waals surface area contributed by atoms with E-state index in [0.29, 0.717) is 0 Å². The standard InChI is InChI=1S/C10H12O6/c1-16-7-3-2-5(4-6(7)11)8(12)9(13)10(14)15/h2-4,8-9,11-13H,1H3,(H,14,15). The van der Waals surface area contributed by atoms with Crippen molar-refractivity contribution in [2.75, 3.05) is 7.11 Å². The average molecular weight is 228 g/mol. The topological polar surface area (TPSA) is 107 Å². The average Bonchev–Trinajstić information content (AvgIpc) is 2.26. The van der Waals surface area contributed by atoms with Gasteiger partial charge in [-0.15, -0.1) is 0 Å². The minimum absolute atomic E-state index is 0.0909. The van der Waals surface area contributed by atoms with Gasteiger partial charge >= 0.3 is 5.97 Å². The molecule has 16 heavy (non-hydrogen) atoms. The van der Waals surface area contributed by atoms with Crippen LogP contribution < -0.4 is 4.74 Å². The first-order chi connectivity index (χ1) is 7.47. The Morgan fingerprint density at radius 1 is 1.38 bits per heavy atom. The number of carbonyl (C=O) groups is 1. The Hall–Kier alpha value is -1.79. The molecule has 0 saturated carbocycles. The lowest BCUT2D eigenvalue weighted by molar-refractivity contribution is -0.153. The SMILES string of the molecule is COc1ccc(C(O)C(O)C(=O)O)cc1O. The van der Waals surface area contributed by atoms with E-state index in [1.165, 1.54) is 19.2 Å². The Morgan fingerprint density at radius 2 is 2.00 bits per heavy atom. The van der Waals surface area contributed by atoms with Crippen LogP contribution in [0.3, 0.4) is 0 Å². The predicted octanol–water partition coefficient (Wildman–Crippen LogP) is -0.120. The molecule has 0 saturated heterocycles. The molecular formula is C10H12O6. The van der Waals surface area contributed by atoms with Gasteiger partial charge in [-0.3, -0.25) is 0 Å². The number of rotatable bonds is 4. The van der Waals surface area contributed by atoms with Gasteiger partial charge in [0.25, 0.3) is 0 Å². The van der Waals surface area contributed by atoms with Crippen molar-refractivity contribution >= 4 is 5.97 Å². The number of aliphatic hydroxyl groups excluding tert-OH is 2. The van der Waals surface area contributed by atoms with Crippen LogP contribution in [0.15, 0.2) is 18.2 Å². The van der Waals surface area contributed by atoms with Crippen LogP contribution in [0.4, 0.5) is 0 Å². The first kappa shape index (κ1) is 12.3. The fourth-order valence-electron chi connectivity index (χ4n) is 1.21. The van der Waals surface area contributed by atoms with Crippen molar-refractivity contribution in [3.8, 4) is 11.5 Å². The number of carboxylic acids is 1. The quantitative estimate of drug-likeness (QED) is 0.572. The molecule has 88 valence electrons. The molecule has 2 unspecified atom stereocenters. The zero-order chi connectivity index (χ0) is 12.3. The van der Waals surface area contributed by atoms with Gasteiger partial charge in [0.1, 0.15) is 6.10 Å². The van der Waals surface area contributed by atoms with Crippen molar-refractivity contribution in [2.45, 2.75) is 12.2 Å². The molecule has 0 radical (unpaired) electrons. The van der Waals surface area contributed by atoms with Gasteiger partial charge in [0.2, 0.25) is 0 Å². The summed E-state index contributed by atoms with van der Waals surface area (Å²) >= 11 is 0. The van der Waals surface area contributed by atoms with Gasteiger partial charge in [0, 0.05) is 0 Å². The molecule has 0 aromatic heterocycles. The van der Waals surface area contributed by atoms with E-state index in [1.807, 2.05) is 0 Å². The minimum Gasteiger partial charge on any atom is -0.504 e. The molecular weight excluding hydrogens is 216 g/mol. The molecule has 0 spiro atoms. The molecule has 6 heteroatoms. The molecule has 0 amide bonds. The lowest BCUT2D eigenvalue weighted by atomic mass is 10.0. The lowest BCUT2D eigenvalue weighted by Gasteiger charge is -2.15. The van der Waals surface area contributed by atoms with Gasteiger partial charge in [0.05, 0.1) is 7.11 Å². The third-order valence-corrected chi connectivity index (χ3v) is 2.10. The molecule has 4 N–H and O–H groups in total. The van der Waals surface area contributed by atoms with Crippen molar-refractivity contribution in [3.05, 3.63) is 23.8 Å². The maximum Gasteiger partial charge on any atom is 0.335 e. The van der Waals surface area contributed by atoms with Crippen LogP contribution in [0.1, 0.15) is 11.7 Å². The monoisotopic (exact) mass is 228 g/mol. The smallest absolute Gasteiger partial charge is 0.335 e. The van der Waals surface area contributed by atoms with Crippen LogP contribution in [-0.2, 0) is 4.79 Å². The second kappa shape index (κ2) is 4.82. The second-order valence-corrected chi connectivity index (χ2v) is 3.16. The van der Waals surface area contributed by atoms with E-state index in [4.69, 9.17) is 14.9 Å². The molecule has 1 rings (SSSR count). The summed E-state index contributed by atoms with van der Waals surface area (Å²) < 4.78 is 4.78.